The maximum atomic E-state index is 13.8. The number of aromatic nitrogens is 2. The Labute approximate surface area is 160 Å². The fourth-order valence-corrected chi connectivity index (χ4v) is 3.38. The maximum absolute atomic E-state index is 13.8. The van der Waals surface area contributed by atoms with Crippen molar-refractivity contribution in [2.24, 2.45) is 11.5 Å². The number of nitrogens with two attached hydrogens (primary N) is 2. The minimum Gasteiger partial charge on any atom is -0.404 e. The van der Waals surface area contributed by atoms with E-state index in [1.807, 2.05) is 4.57 Å². The Kier molecular flexibility index (Phi) is 4.37. The van der Waals surface area contributed by atoms with E-state index >= 15 is 0 Å². The topological polar surface area (TPSA) is 69.9 Å². The van der Waals surface area contributed by atoms with Crippen molar-refractivity contribution >= 4 is 22.3 Å². The second-order valence-corrected chi connectivity index (χ2v) is 6.97. The minimum atomic E-state index is -0.949. The smallest absolute Gasteiger partial charge is 0.161 e. The number of halogens is 3. The van der Waals surface area contributed by atoms with Gasteiger partial charge in [-0.15, -0.1) is 0 Å². The third-order valence-corrected chi connectivity index (χ3v) is 4.89. The molecule has 0 amide bonds. The van der Waals surface area contributed by atoms with Gasteiger partial charge in [-0.3, -0.25) is 0 Å². The standard InChI is InChI=1S/C21H19F3N4/c1-11-6-13(22)2-5-15(11)18(26)7-12(10-25)21-27-19-8-16(23)17(24)9-20(19)28(21)14-3-4-14/h2,5-10,14H,3-4,25-26H2,1H3/b12-10+,18-7-. The van der Waals surface area contributed by atoms with Gasteiger partial charge in [0.2, 0.25) is 0 Å². The van der Waals surface area contributed by atoms with E-state index in [4.69, 9.17) is 11.5 Å². The molecular formula is C21H19F3N4. The number of hydrogen-bond donors (Lipinski definition) is 2. The van der Waals surface area contributed by atoms with Gasteiger partial charge in [0.1, 0.15) is 11.6 Å². The second kappa shape index (κ2) is 6.74. The molecule has 2 aromatic carbocycles. The van der Waals surface area contributed by atoms with E-state index in [1.54, 1.807) is 19.1 Å². The van der Waals surface area contributed by atoms with Crippen LogP contribution in [0.3, 0.4) is 0 Å². The third kappa shape index (κ3) is 3.13. The van der Waals surface area contributed by atoms with Crippen LogP contribution in [0.2, 0.25) is 0 Å². The zero-order chi connectivity index (χ0) is 20.0. The van der Waals surface area contributed by atoms with Crippen molar-refractivity contribution < 1.29 is 13.2 Å². The summed E-state index contributed by atoms with van der Waals surface area (Å²) in [5.41, 5.74) is 15.2. The minimum absolute atomic E-state index is 0.155. The maximum Gasteiger partial charge on any atom is 0.161 e. The molecule has 7 heteroatoms. The van der Waals surface area contributed by atoms with Gasteiger partial charge in [-0.25, -0.2) is 18.2 Å². The average molecular weight is 384 g/mol. The van der Waals surface area contributed by atoms with Gasteiger partial charge in [-0.05, 0) is 49.6 Å². The molecule has 0 saturated heterocycles. The zero-order valence-electron chi connectivity index (χ0n) is 15.2. The van der Waals surface area contributed by atoms with E-state index in [0.717, 1.165) is 25.0 Å². The van der Waals surface area contributed by atoms with Crippen molar-refractivity contribution in [1.29, 1.82) is 0 Å². The lowest BCUT2D eigenvalue weighted by Crippen LogP contribution is -2.05. The van der Waals surface area contributed by atoms with E-state index in [9.17, 15) is 13.2 Å². The van der Waals surface area contributed by atoms with Crippen LogP contribution in [0.5, 0.6) is 0 Å². The highest BCUT2D eigenvalue weighted by Gasteiger charge is 2.29. The largest absolute Gasteiger partial charge is 0.404 e. The van der Waals surface area contributed by atoms with Crippen LogP contribution in [0.25, 0.3) is 22.3 Å². The molecule has 28 heavy (non-hydrogen) atoms. The number of benzene rings is 2. The second-order valence-electron chi connectivity index (χ2n) is 6.97. The van der Waals surface area contributed by atoms with Crippen molar-refractivity contribution in [3.8, 4) is 0 Å². The average Bonchev–Trinajstić information content (AvgIpc) is 3.42. The normalized spacial score (nSPS) is 15.4. The van der Waals surface area contributed by atoms with Crippen LogP contribution in [0, 0.1) is 24.4 Å². The number of aryl methyl sites for hydroxylation is 1. The first-order valence-corrected chi connectivity index (χ1v) is 8.92. The van der Waals surface area contributed by atoms with Gasteiger partial charge in [-0.1, -0.05) is 0 Å². The molecule has 1 saturated carbocycles. The Morgan fingerprint density at radius 3 is 2.50 bits per heavy atom. The highest BCUT2D eigenvalue weighted by molar-refractivity contribution is 5.86. The first-order chi connectivity index (χ1) is 13.4. The van der Waals surface area contributed by atoms with Crippen LogP contribution in [-0.2, 0) is 0 Å². The Hall–Kier alpha value is -3.22. The summed E-state index contributed by atoms with van der Waals surface area (Å²) >= 11 is 0. The Balaban J connectivity index is 1.84. The number of allylic oxidation sites excluding steroid dienone is 2. The van der Waals surface area contributed by atoms with Gasteiger partial charge < -0.3 is 16.0 Å². The Bertz CT molecular complexity index is 1140. The number of nitrogens with zero attached hydrogens (tertiary/aromatic N) is 2. The van der Waals surface area contributed by atoms with Crippen LogP contribution in [-0.4, -0.2) is 9.55 Å². The summed E-state index contributed by atoms with van der Waals surface area (Å²) in [6, 6.07) is 6.72. The number of hydrogen-bond acceptors (Lipinski definition) is 3. The van der Waals surface area contributed by atoms with Gasteiger partial charge in [0.15, 0.2) is 11.6 Å². The van der Waals surface area contributed by atoms with Gasteiger partial charge in [0.05, 0.1) is 11.0 Å². The number of fused-ring (bicyclic) bond motifs is 1. The molecule has 4 nitrogen and oxygen atoms in total. The van der Waals surface area contributed by atoms with Crippen molar-refractivity contribution in [2.75, 3.05) is 0 Å². The van der Waals surface area contributed by atoms with Gasteiger partial charge in [-0.2, -0.15) is 0 Å². The molecule has 1 heterocycles. The summed E-state index contributed by atoms with van der Waals surface area (Å²) < 4.78 is 42.7. The molecular weight excluding hydrogens is 365 g/mol. The van der Waals surface area contributed by atoms with Crippen LogP contribution in [0.15, 0.2) is 42.6 Å². The molecule has 0 bridgehead atoms. The van der Waals surface area contributed by atoms with Gasteiger partial charge in [0.25, 0.3) is 0 Å². The molecule has 0 atom stereocenters. The van der Waals surface area contributed by atoms with E-state index in [-0.39, 0.29) is 11.9 Å². The first-order valence-electron chi connectivity index (χ1n) is 8.92. The highest BCUT2D eigenvalue weighted by Crippen LogP contribution is 2.40. The number of rotatable bonds is 4. The molecule has 0 unspecified atom stereocenters. The SMILES string of the molecule is Cc1cc(F)ccc1/C(N)=C/C(=C\N)c1nc2cc(F)c(F)cc2n1C1CC1. The van der Waals surface area contributed by atoms with E-state index in [1.165, 1.54) is 18.3 Å². The summed E-state index contributed by atoms with van der Waals surface area (Å²) in [5.74, 6) is -1.72. The first kappa shape index (κ1) is 18.2. The fraction of sp³-hybridized carbons (Fsp3) is 0.190. The lowest BCUT2D eigenvalue weighted by Gasteiger charge is -2.11. The van der Waals surface area contributed by atoms with Crippen molar-refractivity contribution in [3.05, 3.63) is 77.0 Å². The summed E-state index contributed by atoms with van der Waals surface area (Å²) in [4.78, 5) is 4.48. The van der Waals surface area contributed by atoms with Gasteiger partial charge >= 0.3 is 0 Å². The molecule has 1 aliphatic rings. The third-order valence-electron chi connectivity index (χ3n) is 4.89. The van der Waals surface area contributed by atoms with Crippen LogP contribution in [0.4, 0.5) is 13.2 Å². The molecule has 4 N–H and O–H groups in total. The Morgan fingerprint density at radius 2 is 1.86 bits per heavy atom. The monoisotopic (exact) mass is 384 g/mol. The molecule has 3 aromatic rings. The molecule has 0 spiro atoms. The van der Waals surface area contributed by atoms with E-state index in [2.05, 4.69) is 4.98 Å². The molecule has 1 fully saturated rings. The predicted molar refractivity (Wildman–Crippen MR) is 103 cm³/mol. The number of imidazole rings is 1. The zero-order valence-corrected chi connectivity index (χ0v) is 15.2. The van der Waals surface area contributed by atoms with Gasteiger partial charge in [0, 0.05) is 41.2 Å². The van der Waals surface area contributed by atoms with Crippen molar-refractivity contribution in [2.45, 2.75) is 25.8 Å². The molecule has 4 rings (SSSR count). The lowest BCUT2D eigenvalue weighted by molar-refractivity contribution is 0.510. The summed E-state index contributed by atoms with van der Waals surface area (Å²) in [7, 11) is 0. The molecule has 1 aromatic heterocycles. The Morgan fingerprint density at radius 1 is 1.14 bits per heavy atom. The summed E-state index contributed by atoms with van der Waals surface area (Å²) in [5, 5.41) is 0. The molecule has 0 radical (unpaired) electrons. The lowest BCUT2D eigenvalue weighted by atomic mass is 10.0. The predicted octanol–water partition coefficient (Wildman–Crippen LogP) is 4.40. The highest BCUT2D eigenvalue weighted by atomic mass is 19.2. The quantitative estimate of drug-likeness (QED) is 0.655. The summed E-state index contributed by atoms with van der Waals surface area (Å²) in [6.45, 7) is 1.76. The van der Waals surface area contributed by atoms with E-state index < -0.39 is 11.6 Å². The van der Waals surface area contributed by atoms with Crippen LogP contribution < -0.4 is 11.5 Å². The van der Waals surface area contributed by atoms with Crippen molar-refractivity contribution in [1.82, 2.24) is 9.55 Å². The molecule has 144 valence electrons. The molecule has 1 aliphatic carbocycles. The molecule has 0 aliphatic heterocycles. The van der Waals surface area contributed by atoms with Crippen molar-refractivity contribution in [3.63, 3.8) is 0 Å². The fourth-order valence-electron chi connectivity index (χ4n) is 3.38. The van der Waals surface area contributed by atoms with Crippen LogP contribution >= 0.6 is 0 Å². The van der Waals surface area contributed by atoms with Crippen LogP contribution in [0.1, 0.15) is 35.8 Å². The van der Waals surface area contributed by atoms with E-state index in [0.29, 0.717) is 39.3 Å². The summed E-state index contributed by atoms with van der Waals surface area (Å²) in [6.07, 6.45) is 4.85.